The smallest absolute Gasteiger partial charge is 0.254 e. The second-order valence-electron chi connectivity index (χ2n) is 7.32. The fourth-order valence-electron chi connectivity index (χ4n) is 3.51. The molecule has 3 heterocycles. The van der Waals surface area contributed by atoms with Crippen LogP contribution in [0.5, 0.6) is 0 Å². The predicted octanol–water partition coefficient (Wildman–Crippen LogP) is -0.0906. The number of carbonyl (C=O) groups is 1. The van der Waals surface area contributed by atoms with Gasteiger partial charge in [-0.3, -0.25) is 9.48 Å². The average molecular weight is 395 g/mol. The van der Waals surface area contributed by atoms with Gasteiger partial charge in [0.1, 0.15) is 0 Å². The molecule has 0 spiro atoms. The molecule has 0 saturated carbocycles. The Hall–Kier alpha value is -2.04. The molecule has 2 aromatic rings. The van der Waals surface area contributed by atoms with Gasteiger partial charge in [-0.1, -0.05) is 0 Å². The first-order valence-electron chi connectivity index (χ1n) is 8.69. The molecule has 1 saturated heterocycles. The zero-order chi connectivity index (χ0) is 20.1. The molecule has 1 amide bonds. The number of amides is 1. The Bertz CT molecular complexity index is 998. The number of aromatic nitrogens is 3. The maximum atomic E-state index is 13.2. The summed E-state index contributed by atoms with van der Waals surface area (Å²) in [5.41, 5.74) is 2.50. The van der Waals surface area contributed by atoms with Gasteiger partial charge < -0.3 is 10.0 Å². The van der Waals surface area contributed by atoms with Crippen molar-refractivity contribution in [2.24, 2.45) is 13.0 Å². The van der Waals surface area contributed by atoms with Crippen LogP contribution in [0, 0.1) is 19.8 Å². The number of sulfonamides is 1. The van der Waals surface area contributed by atoms with E-state index in [2.05, 4.69) is 10.1 Å². The zero-order valence-corrected chi connectivity index (χ0v) is 17.0. The topological polar surface area (TPSA) is 109 Å². The maximum Gasteiger partial charge on any atom is 0.254 e. The largest absolute Gasteiger partial charge is 0.391 e. The van der Waals surface area contributed by atoms with E-state index in [1.54, 1.807) is 17.8 Å². The monoisotopic (exact) mass is 395 g/mol. The third-order valence-corrected chi connectivity index (χ3v) is 6.96. The Kier molecular flexibility index (Phi) is 5.00. The van der Waals surface area contributed by atoms with Crippen molar-refractivity contribution in [3.63, 3.8) is 0 Å². The van der Waals surface area contributed by atoms with Crippen LogP contribution in [0.1, 0.15) is 21.7 Å². The van der Waals surface area contributed by atoms with Crippen LogP contribution >= 0.6 is 0 Å². The Morgan fingerprint density at radius 3 is 2.63 bits per heavy atom. The second-order valence-corrected chi connectivity index (χ2v) is 9.54. The lowest BCUT2D eigenvalue weighted by molar-refractivity contribution is 0.0766. The lowest BCUT2D eigenvalue weighted by Gasteiger charge is -2.18. The number of hydrogen-bond donors (Lipinski definition) is 1. The van der Waals surface area contributed by atoms with Crippen LogP contribution in [0.25, 0.3) is 11.0 Å². The van der Waals surface area contributed by atoms with Gasteiger partial charge in [0.25, 0.3) is 5.91 Å². The number of aliphatic hydroxyl groups excluding tert-OH is 1. The molecule has 10 heteroatoms. The van der Waals surface area contributed by atoms with Crippen LogP contribution in [0.4, 0.5) is 0 Å². The standard InChI is InChI=1S/C17H25N5O4S/c1-10-6-13(15-11(2)19-21(5)16(15)18-10)17(24)22-7-12(14(23)8-22)9-27(25,26)20(3)4/h6,12,14,23H,7-9H2,1-5H3/t12-,14-/m0/s1. The van der Waals surface area contributed by atoms with Gasteiger partial charge in [0.15, 0.2) is 5.65 Å². The summed E-state index contributed by atoms with van der Waals surface area (Å²) in [7, 11) is 1.23. The van der Waals surface area contributed by atoms with Gasteiger partial charge >= 0.3 is 0 Å². The normalized spacial score (nSPS) is 20.8. The molecular formula is C17H25N5O4S. The molecule has 1 aliphatic heterocycles. The second kappa shape index (κ2) is 6.84. The first kappa shape index (κ1) is 19.7. The van der Waals surface area contributed by atoms with E-state index in [9.17, 15) is 18.3 Å². The van der Waals surface area contributed by atoms with E-state index in [0.717, 1.165) is 4.31 Å². The van der Waals surface area contributed by atoms with Crippen LogP contribution in [0.3, 0.4) is 0 Å². The number of carbonyl (C=O) groups excluding carboxylic acids is 1. The van der Waals surface area contributed by atoms with E-state index in [4.69, 9.17) is 0 Å². The van der Waals surface area contributed by atoms with Crippen molar-refractivity contribution in [2.45, 2.75) is 20.0 Å². The van der Waals surface area contributed by atoms with Gasteiger partial charge in [0, 0.05) is 45.8 Å². The van der Waals surface area contributed by atoms with Crippen molar-refractivity contribution in [1.82, 2.24) is 24.0 Å². The number of nitrogens with zero attached hydrogens (tertiary/aromatic N) is 5. The minimum Gasteiger partial charge on any atom is -0.391 e. The Labute approximate surface area is 158 Å². The number of β-amino-alcohol motifs (C(OH)–C–C–N with tert-alkyl or cyclic N) is 1. The van der Waals surface area contributed by atoms with Gasteiger partial charge in [-0.15, -0.1) is 0 Å². The van der Waals surface area contributed by atoms with Gasteiger partial charge in [0.2, 0.25) is 10.0 Å². The highest BCUT2D eigenvalue weighted by molar-refractivity contribution is 7.89. The van der Waals surface area contributed by atoms with Crippen LogP contribution in [0.2, 0.25) is 0 Å². The molecular weight excluding hydrogens is 370 g/mol. The quantitative estimate of drug-likeness (QED) is 0.775. The first-order chi connectivity index (χ1) is 12.5. The van der Waals surface area contributed by atoms with Gasteiger partial charge in [-0.25, -0.2) is 17.7 Å². The van der Waals surface area contributed by atoms with E-state index in [1.165, 1.54) is 19.0 Å². The summed E-state index contributed by atoms with van der Waals surface area (Å²) in [6.45, 7) is 3.93. The molecule has 0 aliphatic carbocycles. The molecule has 0 radical (unpaired) electrons. The highest BCUT2D eigenvalue weighted by atomic mass is 32.2. The zero-order valence-electron chi connectivity index (χ0n) is 16.2. The van der Waals surface area contributed by atoms with Crippen molar-refractivity contribution >= 4 is 27.0 Å². The van der Waals surface area contributed by atoms with Gasteiger partial charge in [-0.2, -0.15) is 5.10 Å². The van der Waals surface area contributed by atoms with E-state index in [1.807, 2.05) is 13.8 Å². The van der Waals surface area contributed by atoms with Crippen LogP contribution in [-0.4, -0.2) is 82.4 Å². The SMILES string of the molecule is Cc1cc(C(=O)N2C[C@@H](CS(=O)(=O)N(C)C)[C@@H](O)C2)c2c(C)nn(C)c2n1. The summed E-state index contributed by atoms with van der Waals surface area (Å²) in [5, 5.41) is 15.4. The summed E-state index contributed by atoms with van der Waals surface area (Å²) >= 11 is 0. The number of likely N-dealkylation sites (tertiary alicyclic amines) is 1. The van der Waals surface area contributed by atoms with E-state index in [-0.39, 0.29) is 24.7 Å². The van der Waals surface area contributed by atoms with Crippen molar-refractivity contribution in [1.29, 1.82) is 0 Å². The molecule has 2 atom stereocenters. The number of aliphatic hydroxyl groups is 1. The fourth-order valence-corrected chi connectivity index (χ4v) is 4.68. The summed E-state index contributed by atoms with van der Waals surface area (Å²) in [5.74, 6) is -0.957. The van der Waals surface area contributed by atoms with Crippen molar-refractivity contribution in [3.05, 3.63) is 23.0 Å². The average Bonchev–Trinajstić information content (AvgIpc) is 3.06. The summed E-state index contributed by atoms with van der Waals surface area (Å²) in [4.78, 5) is 19.1. The van der Waals surface area contributed by atoms with E-state index in [0.29, 0.717) is 28.0 Å². The van der Waals surface area contributed by atoms with Crippen molar-refractivity contribution < 1.29 is 18.3 Å². The Balaban J connectivity index is 1.91. The van der Waals surface area contributed by atoms with Gasteiger partial charge in [-0.05, 0) is 19.9 Å². The lowest BCUT2D eigenvalue weighted by Crippen LogP contribution is -2.33. The van der Waals surface area contributed by atoms with E-state index >= 15 is 0 Å². The number of aryl methyl sites for hydroxylation is 3. The minimum atomic E-state index is -3.46. The number of pyridine rings is 1. The molecule has 0 bridgehead atoms. The predicted molar refractivity (Wildman–Crippen MR) is 101 cm³/mol. The summed E-state index contributed by atoms with van der Waals surface area (Å²) in [6.07, 6.45) is -0.878. The van der Waals surface area contributed by atoms with Crippen LogP contribution in [-0.2, 0) is 17.1 Å². The van der Waals surface area contributed by atoms with E-state index < -0.39 is 22.0 Å². The molecule has 1 aliphatic rings. The molecule has 1 fully saturated rings. The molecule has 27 heavy (non-hydrogen) atoms. The van der Waals surface area contributed by atoms with Crippen molar-refractivity contribution in [3.8, 4) is 0 Å². The third kappa shape index (κ3) is 3.56. The molecule has 0 unspecified atom stereocenters. The number of rotatable bonds is 4. The maximum absolute atomic E-state index is 13.2. The Morgan fingerprint density at radius 1 is 1.33 bits per heavy atom. The number of hydrogen-bond acceptors (Lipinski definition) is 6. The first-order valence-corrected chi connectivity index (χ1v) is 10.3. The highest BCUT2D eigenvalue weighted by Gasteiger charge is 2.38. The van der Waals surface area contributed by atoms with Crippen LogP contribution in [0.15, 0.2) is 6.07 Å². The Morgan fingerprint density at radius 2 is 2.00 bits per heavy atom. The molecule has 1 N–H and O–H groups in total. The van der Waals surface area contributed by atoms with Crippen molar-refractivity contribution in [2.75, 3.05) is 32.9 Å². The minimum absolute atomic E-state index is 0.106. The highest BCUT2D eigenvalue weighted by Crippen LogP contribution is 2.26. The fraction of sp³-hybridized carbons (Fsp3) is 0.588. The summed E-state index contributed by atoms with van der Waals surface area (Å²) in [6, 6.07) is 1.72. The molecule has 2 aromatic heterocycles. The van der Waals surface area contributed by atoms with Gasteiger partial charge in [0.05, 0.1) is 28.5 Å². The molecule has 9 nitrogen and oxygen atoms in total. The molecule has 148 valence electrons. The molecule has 3 rings (SSSR count). The molecule has 0 aromatic carbocycles. The van der Waals surface area contributed by atoms with Crippen LogP contribution < -0.4 is 0 Å². The lowest BCUT2D eigenvalue weighted by atomic mass is 10.1. The third-order valence-electron chi connectivity index (χ3n) is 5.00. The number of fused-ring (bicyclic) bond motifs is 1. The summed E-state index contributed by atoms with van der Waals surface area (Å²) < 4.78 is 27.1.